The van der Waals surface area contributed by atoms with Gasteiger partial charge in [-0.25, -0.2) is 12.8 Å². The van der Waals surface area contributed by atoms with Gasteiger partial charge in [-0.2, -0.15) is 0 Å². The number of hydrogen-bond donors (Lipinski definition) is 1. The highest BCUT2D eigenvalue weighted by Crippen LogP contribution is 2.21. The Hall–Kier alpha value is -1.46. The molecule has 0 unspecified atom stereocenters. The molecule has 0 aliphatic carbocycles. The van der Waals surface area contributed by atoms with Crippen LogP contribution in [-0.4, -0.2) is 19.2 Å². The summed E-state index contributed by atoms with van der Waals surface area (Å²) in [4.78, 5) is 3.82. The van der Waals surface area contributed by atoms with Crippen molar-refractivity contribution in [2.75, 3.05) is 5.75 Å². The maximum atomic E-state index is 13.1. The average molecular weight is 288 g/mol. The molecule has 6 heteroatoms. The first-order chi connectivity index (χ1) is 8.54. The number of nitrogens with zero attached hydrogens (tertiary/aromatic N) is 1. The van der Waals surface area contributed by atoms with E-state index in [0.717, 1.165) is 5.39 Å². The second-order valence-corrected chi connectivity index (χ2v) is 4.76. The molecule has 2 rings (SSSR count). The van der Waals surface area contributed by atoms with Crippen molar-refractivity contribution in [2.45, 2.75) is 0 Å². The normalized spacial score (nSPS) is 9.94. The van der Waals surface area contributed by atoms with Gasteiger partial charge in [0.1, 0.15) is 16.5 Å². The smallest absolute Gasteiger partial charge is 0.143 e. The minimum Gasteiger partial charge on any atom is -0.264 e. The van der Waals surface area contributed by atoms with Gasteiger partial charge in [0, 0.05) is 22.8 Å². The summed E-state index contributed by atoms with van der Waals surface area (Å²) < 4.78 is 32.3. The van der Waals surface area contributed by atoms with Crippen molar-refractivity contribution in [1.82, 2.24) is 4.98 Å². The highest BCUT2D eigenvalue weighted by molar-refractivity contribution is 7.72. The van der Waals surface area contributed by atoms with E-state index in [9.17, 15) is 12.8 Å². The Morgan fingerprint density at radius 2 is 2.17 bits per heavy atom. The molecule has 0 radical (unpaired) electrons. The van der Waals surface area contributed by atoms with E-state index in [0.29, 0.717) is 10.4 Å². The zero-order valence-corrected chi connectivity index (χ0v) is 11.0. The van der Waals surface area contributed by atoms with Gasteiger partial charge < -0.3 is 0 Å². The Balaban J connectivity index is 0.000000232. The van der Waals surface area contributed by atoms with Crippen molar-refractivity contribution in [3.8, 4) is 0 Å². The molecule has 0 amide bonds. The van der Waals surface area contributed by atoms with Gasteiger partial charge in [-0.15, -0.1) is 6.58 Å². The van der Waals surface area contributed by atoms with Gasteiger partial charge in [0.2, 0.25) is 0 Å². The highest BCUT2D eigenvalue weighted by atomic mass is 35.5. The fraction of sp³-hybridized carbons (Fsp3) is 0.0833. The third kappa shape index (κ3) is 4.43. The Kier molecular flexibility index (Phi) is 5.74. The van der Waals surface area contributed by atoms with Crippen molar-refractivity contribution in [3.63, 3.8) is 0 Å². The van der Waals surface area contributed by atoms with E-state index < -0.39 is 10.7 Å². The molecule has 0 N–H and O–H groups in total. The minimum atomic E-state index is -2.22. The van der Waals surface area contributed by atoms with Gasteiger partial charge in [0.15, 0.2) is 0 Å². The summed E-state index contributed by atoms with van der Waals surface area (Å²) in [5.74, 6) is -0.236. The predicted molar refractivity (Wildman–Crippen MR) is 72.1 cm³/mol. The summed E-state index contributed by atoms with van der Waals surface area (Å²) in [6, 6.07) is 4.72. The largest absolute Gasteiger partial charge is 0.264 e. The van der Waals surface area contributed by atoms with Gasteiger partial charge in [-0.3, -0.25) is 4.98 Å². The lowest BCUT2D eigenvalue weighted by molar-refractivity contribution is 0.617. The van der Waals surface area contributed by atoms with E-state index in [1.807, 2.05) is 0 Å². The van der Waals surface area contributed by atoms with Crippen molar-refractivity contribution in [2.24, 2.45) is 0 Å². The zero-order chi connectivity index (χ0) is 13.5. The molecule has 96 valence electrons. The monoisotopic (exact) mass is 287 g/mol. The molecule has 0 bridgehead atoms. The van der Waals surface area contributed by atoms with Gasteiger partial charge in [0.25, 0.3) is 0 Å². The molecule has 0 saturated heterocycles. The van der Waals surface area contributed by atoms with Crippen LogP contribution in [0, 0.1) is 5.82 Å². The third-order valence-electron chi connectivity index (χ3n) is 1.95. The molecule has 0 spiro atoms. The number of rotatable bonds is 2. The number of pyridine rings is 1. The molecule has 3 nitrogen and oxygen atoms in total. The summed E-state index contributed by atoms with van der Waals surface area (Å²) >= 11 is 5.66. The second-order valence-electron chi connectivity index (χ2n) is 3.29. The Morgan fingerprint density at radius 3 is 2.72 bits per heavy atom. The summed E-state index contributed by atoms with van der Waals surface area (Å²) in [5, 5.41) is 1.68. The van der Waals surface area contributed by atoms with Crippen LogP contribution in [0.15, 0.2) is 43.2 Å². The van der Waals surface area contributed by atoms with Crippen LogP contribution < -0.4 is 0 Å². The summed E-state index contributed by atoms with van der Waals surface area (Å²) in [6.07, 6.45) is 4.45. The average Bonchev–Trinajstić information content (AvgIpc) is 2.29. The zero-order valence-electron chi connectivity index (χ0n) is 9.35. The van der Waals surface area contributed by atoms with Crippen LogP contribution in [0.4, 0.5) is 4.39 Å². The van der Waals surface area contributed by atoms with Crippen LogP contribution in [0.1, 0.15) is 0 Å². The van der Waals surface area contributed by atoms with Crippen LogP contribution >= 0.6 is 11.6 Å². The SMILES string of the molecule is C=CC[SH](=O)=O.Fc1cc(Cl)cc2ccncc12. The fourth-order valence-electron chi connectivity index (χ4n) is 1.23. The van der Waals surface area contributed by atoms with Crippen molar-refractivity contribution >= 4 is 33.1 Å². The molecule has 0 fully saturated rings. The van der Waals surface area contributed by atoms with Gasteiger partial charge >= 0.3 is 0 Å². The maximum absolute atomic E-state index is 13.1. The van der Waals surface area contributed by atoms with E-state index in [4.69, 9.17) is 11.6 Å². The second kappa shape index (κ2) is 7.08. The van der Waals surface area contributed by atoms with E-state index in [-0.39, 0.29) is 11.6 Å². The van der Waals surface area contributed by atoms with Crippen LogP contribution in [0.2, 0.25) is 5.02 Å². The number of halogens is 2. The molecule has 1 heterocycles. The fourth-order valence-corrected chi connectivity index (χ4v) is 1.65. The molecule has 0 aliphatic heterocycles. The first kappa shape index (κ1) is 14.6. The molecule has 1 aromatic carbocycles. The maximum Gasteiger partial charge on any atom is 0.143 e. The number of aromatic nitrogens is 1. The van der Waals surface area contributed by atoms with Crippen LogP contribution in [-0.2, 0) is 10.7 Å². The lowest BCUT2D eigenvalue weighted by Gasteiger charge is -1.98. The lowest BCUT2D eigenvalue weighted by atomic mass is 10.2. The van der Waals surface area contributed by atoms with Crippen molar-refractivity contribution in [1.29, 1.82) is 0 Å². The van der Waals surface area contributed by atoms with E-state index >= 15 is 0 Å². The molecule has 0 saturated carbocycles. The number of hydrogen-bond acceptors (Lipinski definition) is 3. The lowest BCUT2D eigenvalue weighted by Crippen LogP contribution is -1.80. The Morgan fingerprint density at radius 1 is 1.44 bits per heavy atom. The van der Waals surface area contributed by atoms with Gasteiger partial charge in [-0.05, 0) is 23.6 Å². The Labute approximate surface area is 111 Å². The molecular weight excluding hydrogens is 277 g/mol. The van der Waals surface area contributed by atoms with Crippen LogP contribution in [0.5, 0.6) is 0 Å². The van der Waals surface area contributed by atoms with Gasteiger partial charge in [-0.1, -0.05) is 17.7 Å². The quantitative estimate of drug-likeness (QED) is 0.682. The number of benzene rings is 1. The molecular formula is C12H11ClFNO2S. The summed E-state index contributed by atoms with van der Waals surface area (Å²) in [7, 11) is -2.22. The number of thiol groups is 1. The summed E-state index contributed by atoms with van der Waals surface area (Å²) in [5.41, 5.74) is 0. The van der Waals surface area contributed by atoms with E-state index in [1.54, 1.807) is 18.3 Å². The third-order valence-corrected chi connectivity index (χ3v) is 2.72. The molecule has 18 heavy (non-hydrogen) atoms. The first-order valence-corrected chi connectivity index (χ1v) is 6.70. The summed E-state index contributed by atoms with van der Waals surface area (Å²) in [6.45, 7) is 3.22. The van der Waals surface area contributed by atoms with Crippen molar-refractivity contribution < 1.29 is 12.8 Å². The number of fused-ring (bicyclic) bond motifs is 1. The molecule has 2 aromatic rings. The first-order valence-electron chi connectivity index (χ1n) is 4.96. The van der Waals surface area contributed by atoms with E-state index in [1.165, 1.54) is 18.3 Å². The molecule has 1 aromatic heterocycles. The molecule has 0 aliphatic rings. The topological polar surface area (TPSA) is 47.0 Å². The van der Waals surface area contributed by atoms with Crippen molar-refractivity contribution in [3.05, 3.63) is 54.1 Å². The highest BCUT2D eigenvalue weighted by Gasteiger charge is 2.01. The Bertz CT molecular complexity index is 621. The molecule has 0 atom stereocenters. The minimum absolute atomic E-state index is 0.0926. The van der Waals surface area contributed by atoms with Crippen LogP contribution in [0.3, 0.4) is 0 Å². The van der Waals surface area contributed by atoms with Gasteiger partial charge in [0.05, 0.1) is 5.75 Å². The predicted octanol–water partition coefficient (Wildman–Crippen LogP) is 2.81. The van der Waals surface area contributed by atoms with Crippen LogP contribution in [0.25, 0.3) is 10.8 Å². The standard InChI is InChI=1S/C9H5ClFN.C3H6O2S/c10-7-3-6-1-2-12-5-8(6)9(11)4-7;1-2-3-6(4)5/h1-5H;2,6H,1,3H2. The van der Waals surface area contributed by atoms with E-state index in [2.05, 4.69) is 11.6 Å².